The molecule has 16 heavy (non-hydrogen) atoms. The first-order valence-electron chi connectivity index (χ1n) is 5.89. The van der Waals surface area contributed by atoms with Gasteiger partial charge in [0.2, 0.25) is 0 Å². The van der Waals surface area contributed by atoms with E-state index in [0.717, 1.165) is 12.8 Å². The lowest BCUT2D eigenvalue weighted by molar-refractivity contribution is 0.264. The van der Waals surface area contributed by atoms with E-state index in [0.29, 0.717) is 11.6 Å². The fourth-order valence-corrected chi connectivity index (χ4v) is 2.53. The minimum Gasteiger partial charge on any atom is -0.271 e. The van der Waals surface area contributed by atoms with Crippen molar-refractivity contribution in [1.29, 1.82) is 0 Å². The van der Waals surface area contributed by atoms with Gasteiger partial charge in [-0.3, -0.25) is 16.3 Å². The van der Waals surface area contributed by atoms with Gasteiger partial charge < -0.3 is 0 Å². The Hall–Kier alpha value is -1.00. The van der Waals surface area contributed by atoms with Crippen LogP contribution in [-0.2, 0) is 0 Å². The average Bonchev–Trinajstić information content (AvgIpc) is 2.34. The zero-order valence-electron chi connectivity index (χ0n) is 9.32. The lowest BCUT2D eigenvalue weighted by Gasteiger charge is -2.29. The Bertz CT molecular complexity index is 337. The first kappa shape index (κ1) is 11.5. The van der Waals surface area contributed by atoms with Gasteiger partial charge in [0.05, 0.1) is 11.7 Å². The van der Waals surface area contributed by atoms with Crippen molar-refractivity contribution in [2.24, 2.45) is 11.8 Å². The van der Waals surface area contributed by atoms with E-state index in [-0.39, 0.29) is 11.9 Å². The van der Waals surface area contributed by atoms with E-state index in [1.54, 1.807) is 12.3 Å². The zero-order chi connectivity index (χ0) is 11.4. The van der Waals surface area contributed by atoms with Crippen molar-refractivity contribution >= 4 is 0 Å². The molecule has 1 heterocycles. The number of nitrogens with two attached hydrogens (primary N) is 1. The zero-order valence-corrected chi connectivity index (χ0v) is 9.32. The first-order chi connectivity index (χ1) is 7.83. The van der Waals surface area contributed by atoms with E-state index in [4.69, 9.17) is 5.84 Å². The van der Waals surface area contributed by atoms with Gasteiger partial charge in [0.15, 0.2) is 0 Å². The molecule has 0 radical (unpaired) electrons. The topological polar surface area (TPSA) is 50.9 Å². The van der Waals surface area contributed by atoms with Gasteiger partial charge >= 0.3 is 0 Å². The summed E-state index contributed by atoms with van der Waals surface area (Å²) in [6.07, 6.45) is 7.51. The Morgan fingerprint density at radius 1 is 1.38 bits per heavy atom. The number of hydrogen-bond acceptors (Lipinski definition) is 3. The van der Waals surface area contributed by atoms with E-state index in [2.05, 4.69) is 10.4 Å². The molecule has 0 spiro atoms. The molecular formula is C12H18FN3. The van der Waals surface area contributed by atoms with Crippen LogP contribution in [0.1, 0.15) is 43.8 Å². The molecule has 1 aliphatic rings. The van der Waals surface area contributed by atoms with Gasteiger partial charge in [0.1, 0.15) is 5.82 Å². The number of rotatable bonds is 3. The molecule has 1 unspecified atom stereocenters. The largest absolute Gasteiger partial charge is 0.271 e. The molecule has 0 saturated heterocycles. The highest BCUT2D eigenvalue weighted by Crippen LogP contribution is 2.33. The summed E-state index contributed by atoms with van der Waals surface area (Å²) in [7, 11) is 0. The maximum Gasteiger partial charge on any atom is 0.146 e. The lowest BCUT2D eigenvalue weighted by atomic mass is 9.82. The number of nitrogens with one attached hydrogen (secondary N) is 1. The smallest absolute Gasteiger partial charge is 0.146 e. The Morgan fingerprint density at radius 2 is 2.12 bits per heavy atom. The summed E-state index contributed by atoms with van der Waals surface area (Å²) < 4.78 is 13.6. The minimum atomic E-state index is -0.268. The fourth-order valence-electron chi connectivity index (χ4n) is 2.53. The summed E-state index contributed by atoms with van der Waals surface area (Å²) in [5.74, 6) is 5.69. The van der Waals surface area contributed by atoms with Crippen LogP contribution in [0.5, 0.6) is 0 Å². The molecule has 0 aliphatic heterocycles. The van der Waals surface area contributed by atoms with Crippen LogP contribution >= 0.6 is 0 Å². The van der Waals surface area contributed by atoms with Crippen LogP contribution in [0, 0.1) is 11.7 Å². The molecule has 1 fully saturated rings. The van der Waals surface area contributed by atoms with Gasteiger partial charge in [0.25, 0.3) is 0 Å². The molecule has 1 aromatic rings. The van der Waals surface area contributed by atoms with Crippen LogP contribution in [-0.4, -0.2) is 4.98 Å². The monoisotopic (exact) mass is 223 g/mol. The Kier molecular flexibility index (Phi) is 3.85. The molecule has 1 aromatic heterocycles. The third-order valence-corrected chi connectivity index (χ3v) is 3.38. The number of aromatic nitrogens is 1. The van der Waals surface area contributed by atoms with Gasteiger partial charge in [-0.15, -0.1) is 0 Å². The van der Waals surface area contributed by atoms with E-state index < -0.39 is 0 Å². The van der Waals surface area contributed by atoms with Gasteiger partial charge in [-0.2, -0.15) is 0 Å². The van der Waals surface area contributed by atoms with Crippen LogP contribution in [0.15, 0.2) is 18.3 Å². The number of hydrogen-bond donors (Lipinski definition) is 2. The highest BCUT2D eigenvalue weighted by Gasteiger charge is 2.26. The number of nitrogens with zero attached hydrogens (tertiary/aromatic N) is 1. The Morgan fingerprint density at radius 3 is 2.75 bits per heavy atom. The number of halogens is 1. The van der Waals surface area contributed by atoms with E-state index in [1.807, 2.05) is 0 Å². The maximum absolute atomic E-state index is 13.6. The van der Waals surface area contributed by atoms with Crippen molar-refractivity contribution in [2.75, 3.05) is 0 Å². The summed E-state index contributed by atoms with van der Waals surface area (Å²) in [6, 6.07) is 2.89. The third kappa shape index (κ3) is 2.39. The highest BCUT2D eigenvalue weighted by molar-refractivity contribution is 5.12. The third-order valence-electron chi connectivity index (χ3n) is 3.38. The normalized spacial score (nSPS) is 19.6. The minimum absolute atomic E-state index is 0.151. The van der Waals surface area contributed by atoms with Crippen molar-refractivity contribution in [3.63, 3.8) is 0 Å². The van der Waals surface area contributed by atoms with Crippen LogP contribution in [0.4, 0.5) is 4.39 Å². The summed E-state index contributed by atoms with van der Waals surface area (Å²) in [5, 5.41) is 0. The average molecular weight is 223 g/mol. The van der Waals surface area contributed by atoms with Crippen LogP contribution in [0.25, 0.3) is 0 Å². The van der Waals surface area contributed by atoms with Gasteiger partial charge in [-0.05, 0) is 30.9 Å². The van der Waals surface area contributed by atoms with Crippen molar-refractivity contribution in [1.82, 2.24) is 10.4 Å². The number of hydrazine groups is 1. The number of pyridine rings is 1. The molecule has 3 N–H and O–H groups in total. The van der Waals surface area contributed by atoms with Gasteiger partial charge in [-0.25, -0.2) is 4.39 Å². The summed E-state index contributed by atoms with van der Waals surface area (Å²) >= 11 is 0. The predicted molar refractivity (Wildman–Crippen MR) is 60.8 cm³/mol. The van der Waals surface area contributed by atoms with Crippen molar-refractivity contribution < 1.29 is 4.39 Å². The highest BCUT2D eigenvalue weighted by atomic mass is 19.1. The molecule has 0 aromatic carbocycles. The molecular weight excluding hydrogens is 205 g/mol. The second kappa shape index (κ2) is 5.37. The molecule has 0 amide bonds. The van der Waals surface area contributed by atoms with Crippen LogP contribution in [0.3, 0.4) is 0 Å². The Balaban J connectivity index is 2.18. The molecule has 3 nitrogen and oxygen atoms in total. The lowest BCUT2D eigenvalue weighted by Crippen LogP contribution is -2.35. The van der Waals surface area contributed by atoms with E-state index >= 15 is 0 Å². The van der Waals surface area contributed by atoms with Crippen molar-refractivity contribution in [2.45, 2.75) is 38.1 Å². The predicted octanol–water partition coefficient (Wildman–Crippen LogP) is 2.31. The summed E-state index contributed by atoms with van der Waals surface area (Å²) in [4.78, 5) is 4.11. The molecule has 4 heteroatoms. The molecule has 2 rings (SSSR count). The SMILES string of the molecule is NNC(c1ncccc1F)C1CCCCC1. The van der Waals surface area contributed by atoms with Crippen LogP contribution < -0.4 is 11.3 Å². The Labute approximate surface area is 95.2 Å². The van der Waals surface area contributed by atoms with E-state index in [9.17, 15) is 4.39 Å². The molecule has 1 aliphatic carbocycles. The molecule has 1 saturated carbocycles. The molecule has 1 atom stereocenters. The summed E-state index contributed by atoms with van der Waals surface area (Å²) in [5.41, 5.74) is 3.18. The van der Waals surface area contributed by atoms with Crippen LogP contribution in [0.2, 0.25) is 0 Å². The molecule has 0 bridgehead atoms. The maximum atomic E-state index is 13.6. The second-order valence-corrected chi connectivity index (χ2v) is 4.41. The van der Waals surface area contributed by atoms with Crippen molar-refractivity contribution in [3.8, 4) is 0 Å². The molecule has 88 valence electrons. The van der Waals surface area contributed by atoms with Crippen molar-refractivity contribution in [3.05, 3.63) is 29.8 Å². The summed E-state index contributed by atoms with van der Waals surface area (Å²) in [6.45, 7) is 0. The van der Waals surface area contributed by atoms with E-state index in [1.165, 1.54) is 25.3 Å². The standard InChI is InChI=1S/C12H18FN3/c13-10-7-4-8-15-12(10)11(16-14)9-5-2-1-3-6-9/h4,7-9,11,16H,1-3,5-6,14H2. The first-order valence-corrected chi connectivity index (χ1v) is 5.89. The second-order valence-electron chi connectivity index (χ2n) is 4.41. The quantitative estimate of drug-likeness (QED) is 0.610. The fraction of sp³-hybridized carbons (Fsp3) is 0.583. The van der Waals surface area contributed by atoms with Gasteiger partial charge in [0, 0.05) is 6.20 Å². The van der Waals surface area contributed by atoms with Gasteiger partial charge in [-0.1, -0.05) is 19.3 Å².